The summed E-state index contributed by atoms with van der Waals surface area (Å²) in [5, 5.41) is 3.51. The maximum Gasteiger partial charge on any atom is 0.0578 e. The van der Waals surface area contributed by atoms with Crippen molar-refractivity contribution in [2.45, 2.75) is 33.2 Å². The van der Waals surface area contributed by atoms with E-state index in [2.05, 4.69) is 54.6 Å². The fourth-order valence-corrected chi connectivity index (χ4v) is 2.45. The molecule has 0 aromatic heterocycles. The molecule has 0 bridgehead atoms. The van der Waals surface area contributed by atoms with Crippen molar-refractivity contribution in [1.82, 2.24) is 4.90 Å². The van der Waals surface area contributed by atoms with Crippen LogP contribution in [0.25, 0.3) is 0 Å². The van der Waals surface area contributed by atoms with Crippen LogP contribution in [-0.4, -0.2) is 18.0 Å². The molecule has 1 aliphatic rings. The zero-order chi connectivity index (χ0) is 13.0. The summed E-state index contributed by atoms with van der Waals surface area (Å²) in [6.45, 7) is 11.1. The lowest BCUT2D eigenvalue weighted by Crippen LogP contribution is -2.26. The minimum Gasteiger partial charge on any atom is -0.384 e. The zero-order valence-corrected chi connectivity index (χ0v) is 11.4. The van der Waals surface area contributed by atoms with Gasteiger partial charge in [0, 0.05) is 31.7 Å². The van der Waals surface area contributed by atoms with E-state index >= 15 is 0 Å². The van der Waals surface area contributed by atoms with Crippen LogP contribution < -0.4 is 5.32 Å². The van der Waals surface area contributed by atoms with Gasteiger partial charge in [0.1, 0.15) is 0 Å². The standard InChI is InChI=1S/C16H22N2/c1-4-13-7-8-16-14(11-13)12-18(6-3)15(5-2)9-10-17-16/h7-8,11,17H,2,4,6,9-10,12H2,1,3H3. The fourth-order valence-electron chi connectivity index (χ4n) is 2.45. The molecular formula is C16H22N2. The number of hydrogen-bond acceptors (Lipinski definition) is 2. The summed E-state index contributed by atoms with van der Waals surface area (Å²) in [6, 6.07) is 6.75. The maximum absolute atomic E-state index is 3.81. The first-order chi connectivity index (χ1) is 8.78. The molecule has 0 radical (unpaired) electrons. The normalized spacial score (nSPS) is 15.2. The molecule has 1 N–H and O–H groups in total. The average Bonchev–Trinajstić information content (AvgIpc) is 2.39. The summed E-state index contributed by atoms with van der Waals surface area (Å²) in [4.78, 5) is 2.37. The fraction of sp³-hybridized carbons (Fsp3) is 0.438. The summed E-state index contributed by atoms with van der Waals surface area (Å²) in [5.74, 6) is 0. The van der Waals surface area contributed by atoms with Crippen LogP contribution in [0.15, 0.2) is 36.2 Å². The molecular weight excluding hydrogens is 220 g/mol. The molecule has 0 saturated carbocycles. The second kappa shape index (κ2) is 5.79. The summed E-state index contributed by atoms with van der Waals surface area (Å²) >= 11 is 0. The van der Waals surface area contributed by atoms with Gasteiger partial charge in [-0.25, -0.2) is 0 Å². The molecule has 0 aliphatic carbocycles. The van der Waals surface area contributed by atoms with Crippen LogP contribution in [0.1, 0.15) is 31.4 Å². The highest BCUT2D eigenvalue weighted by molar-refractivity contribution is 5.53. The molecule has 1 heterocycles. The van der Waals surface area contributed by atoms with Crippen LogP contribution >= 0.6 is 0 Å². The Bertz CT molecular complexity index is 470. The predicted octanol–water partition coefficient (Wildman–Crippen LogP) is 3.56. The van der Waals surface area contributed by atoms with Gasteiger partial charge < -0.3 is 10.2 Å². The summed E-state index contributed by atoms with van der Waals surface area (Å²) < 4.78 is 0. The smallest absolute Gasteiger partial charge is 0.0578 e. The SMILES string of the molecule is C=C=C1CCNc2ccc(CC)cc2CN1CC. The maximum atomic E-state index is 3.81. The number of hydrogen-bond donors (Lipinski definition) is 1. The van der Waals surface area contributed by atoms with Crippen LogP contribution in [0.5, 0.6) is 0 Å². The van der Waals surface area contributed by atoms with Gasteiger partial charge in [-0.15, -0.1) is 5.73 Å². The van der Waals surface area contributed by atoms with Crippen molar-refractivity contribution in [3.8, 4) is 0 Å². The molecule has 0 amide bonds. The van der Waals surface area contributed by atoms with E-state index in [9.17, 15) is 0 Å². The van der Waals surface area contributed by atoms with Crippen molar-refractivity contribution in [1.29, 1.82) is 0 Å². The highest BCUT2D eigenvalue weighted by atomic mass is 15.1. The Morgan fingerprint density at radius 3 is 2.89 bits per heavy atom. The monoisotopic (exact) mass is 242 g/mol. The molecule has 96 valence electrons. The Labute approximate surface area is 110 Å². The van der Waals surface area contributed by atoms with E-state index in [0.717, 1.165) is 32.5 Å². The summed E-state index contributed by atoms with van der Waals surface area (Å²) in [5.41, 5.74) is 8.35. The first-order valence-electron chi connectivity index (χ1n) is 6.78. The predicted molar refractivity (Wildman–Crippen MR) is 77.7 cm³/mol. The molecule has 0 spiro atoms. The molecule has 1 aromatic carbocycles. The first-order valence-corrected chi connectivity index (χ1v) is 6.78. The van der Waals surface area contributed by atoms with E-state index in [4.69, 9.17) is 0 Å². The van der Waals surface area contributed by atoms with Crippen LogP contribution in [-0.2, 0) is 13.0 Å². The summed E-state index contributed by atoms with van der Waals surface area (Å²) in [6.07, 6.45) is 2.08. The third-order valence-corrected chi connectivity index (χ3v) is 3.58. The third kappa shape index (κ3) is 2.60. The van der Waals surface area contributed by atoms with Gasteiger partial charge in [-0.1, -0.05) is 25.6 Å². The second-order valence-electron chi connectivity index (χ2n) is 4.66. The van der Waals surface area contributed by atoms with Gasteiger partial charge in [-0.2, -0.15) is 0 Å². The molecule has 0 atom stereocenters. The number of rotatable bonds is 2. The molecule has 0 saturated heterocycles. The Morgan fingerprint density at radius 1 is 1.39 bits per heavy atom. The lowest BCUT2D eigenvalue weighted by Gasteiger charge is -2.29. The van der Waals surface area contributed by atoms with Gasteiger partial charge in [0.2, 0.25) is 0 Å². The van der Waals surface area contributed by atoms with Crippen LogP contribution in [0, 0.1) is 0 Å². The van der Waals surface area contributed by atoms with Crippen LogP contribution in [0.4, 0.5) is 5.69 Å². The van der Waals surface area contributed by atoms with E-state index in [1.165, 1.54) is 22.5 Å². The number of nitrogens with zero attached hydrogens (tertiary/aromatic N) is 1. The third-order valence-electron chi connectivity index (χ3n) is 3.58. The van der Waals surface area contributed by atoms with E-state index in [1.807, 2.05) is 0 Å². The quantitative estimate of drug-likeness (QED) is 0.798. The lowest BCUT2D eigenvalue weighted by molar-refractivity contribution is 0.342. The topological polar surface area (TPSA) is 15.3 Å². The minimum absolute atomic E-state index is 0.949. The molecule has 1 aromatic rings. The van der Waals surface area contributed by atoms with Gasteiger partial charge in [0.05, 0.1) is 5.70 Å². The van der Waals surface area contributed by atoms with Crippen molar-refractivity contribution in [2.75, 3.05) is 18.4 Å². The number of benzene rings is 1. The number of fused-ring (bicyclic) bond motifs is 1. The average molecular weight is 242 g/mol. The number of anilines is 1. The van der Waals surface area contributed by atoms with Crippen molar-refractivity contribution < 1.29 is 0 Å². The zero-order valence-electron chi connectivity index (χ0n) is 11.4. The molecule has 2 rings (SSSR count). The minimum atomic E-state index is 0.949. The van der Waals surface area contributed by atoms with E-state index in [1.54, 1.807) is 0 Å². The molecule has 0 unspecified atom stereocenters. The number of aryl methyl sites for hydroxylation is 1. The number of nitrogens with one attached hydrogen (secondary N) is 1. The lowest BCUT2D eigenvalue weighted by atomic mass is 10.0. The van der Waals surface area contributed by atoms with E-state index < -0.39 is 0 Å². The van der Waals surface area contributed by atoms with E-state index in [0.29, 0.717) is 0 Å². The Kier molecular flexibility index (Phi) is 4.11. The van der Waals surface area contributed by atoms with E-state index in [-0.39, 0.29) is 0 Å². The van der Waals surface area contributed by atoms with Crippen LogP contribution in [0.3, 0.4) is 0 Å². The van der Waals surface area contributed by atoms with Crippen LogP contribution in [0.2, 0.25) is 0 Å². The molecule has 2 heteroatoms. The largest absolute Gasteiger partial charge is 0.384 e. The Morgan fingerprint density at radius 2 is 2.22 bits per heavy atom. The van der Waals surface area contributed by atoms with Crippen molar-refractivity contribution in [3.63, 3.8) is 0 Å². The Balaban J connectivity index is 2.36. The van der Waals surface area contributed by atoms with Gasteiger partial charge >= 0.3 is 0 Å². The van der Waals surface area contributed by atoms with Crippen molar-refractivity contribution >= 4 is 5.69 Å². The first kappa shape index (κ1) is 12.8. The van der Waals surface area contributed by atoms with Gasteiger partial charge in [0.25, 0.3) is 0 Å². The van der Waals surface area contributed by atoms with Crippen molar-refractivity contribution in [2.24, 2.45) is 0 Å². The summed E-state index contributed by atoms with van der Waals surface area (Å²) in [7, 11) is 0. The van der Waals surface area contributed by atoms with Gasteiger partial charge in [0.15, 0.2) is 0 Å². The molecule has 1 aliphatic heterocycles. The van der Waals surface area contributed by atoms with Crippen molar-refractivity contribution in [3.05, 3.63) is 47.3 Å². The Hall–Kier alpha value is -1.66. The highest BCUT2D eigenvalue weighted by Gasteiger charge is 2.14. The highest BCUT2D eigenvalue weighted by Crippen LogP contribution is 2.24. The van der Waals surface area contributed by atoms with Gasteiger partial charge in [-0.3, -0.25) is 0 Å². The molecule has 0 fully saturated rings. The molecule has 2 nitrogen and oxygen atoms in total. The van der Waals surface area contributed by atoms with Gasteiger partial charge in [-0.05, 0) is 30.5 Å². The second-order valence-corrected chi connectivity index (χ2v) is 4.66. The molecule has 18 heavy (non-hydrogen) atoms.